The Balaban J connectivity index is 1.84. The van der Waals surface area contributed by atoms with Crippen LogP contribution in [0, 0.1) is 0 Å². The molecule has 0 aliphatic carbocycles. The molecule has 0 bridgehead atoms. The SMILES string of the molecule is CCOC(C)C(=O)NCCc1nc2ccccc2o1. The molecule has 102 valence electrons. The summed E-state index contributed by atoms with van der Waals surface area (Å²) in [6, 6.07) is 7.60. The minimum Gasteiger partial charge on any atom is -0.441 e. The van der Waals surface area contributed by atoms with Crippen molar-refractivity contribution in [1.82, 2.24) is 10.3 Å². The van der Waals surface area contributed by atoms with Crippen LogP contribution < -0.4 is 5.32 Å². The average molecular weight is 262 g/mol. The van der Waals surface area contributed by atoms with Crippen LogP contribution in [-0.2, 0) is 16.0 Å². The van der Waals surface area contributed by atoms with Crippen molar-refractivity contribution in [3.05, 3.63) is 30.2 Å². The minimum absolute atomic E-state index is 0.113. The number of ether oxygens (including phenoxy) is 1. The highest BCUT2D eigenvalue weighted by molar-refractivity contribution is 5.80. The Morgan fingerprint density at radius 3 is 3.00 bits per heavy atom. The van der Waals surface area contributed by atoms with Crippen LogP contribution in [0.2, 0.25) is 0 Å². The van der Waals surface area contributed by atoms with Crippen molar-refractivity contribution < 1.29 is 13.9 Å². The quantitative estimate of drug-likeness (QED) is 0.863. The summed E-state index contributed by atoms with van der Waals surface area (Å²) in [6.07, 6.45) is 0.146. The summed E-state index contributed by atoms with van der Waals surface area (Å²) in [4.78, 5) is 15.9. The van der Waals surface area contributed by atoms with E-state index >= 15 is 0 Å². The molecule has 0 saturated carbocycles. The second-order valence-electron chi connectivity index (χ2n) is 4.21. The number of para-hydroxylation sites is 2. The lowest BCUT2D eigenvalue weighted by molar-refractivity contribution is -0.131. The van der Waals surface area contributed by atoms with E-state index in [2.05, 4.69) is 10.3 Å². The number of nitrogens with one attached hydrogen (secondary N) is 1. The first kappa shape index (κ1) is 13.5. The Morgan fingerprint density at radius 2 is 2.26 bits per heavy atom. The number of amides is 1. The van der Waals surface area contributed by atoms with Crippen molar-refractivity contribution in [2.24, 2.45) is 0 Å². The molecule has 1 unspecified atom stereocenters. The van der Waals surface area contributed by atoms with Crippen LogP contribution >= 0.6 is 0 Å². The molecule has 1 heterocycles. The third-order valence-electron chi connectivity index (χ3n) is 2.76. The standard InChI is InChI=1S/C14H18N2O3/c1-3-18-10(2)14(17)15-9-8-13-16-11-6-4-5-7-12(11)19-13/h4-7,10H,3,8-9H2,1-2H3,(H,15,17). The number of aromatic nitrogens is 1. The molecule has 1 N–H and O–H groups in total. The predicted molar refractivity (Wildman–Crippen MR) is 71.8 cm³/mol. The number of hydrogen-bond donors (Lipinski definition) is 1. The maximum absolute atomic E-state index is 11.6. The largest absolute Gasteiger partial charge is 0.441 e. The smallest absolute Gasteiger partial charge is 0.248 e. The molecule has 5 nitrogen and oxygen atoms in total. The zero-order valence-electron chi connectivity index (χ0n) is 11.2. The number of carbonyl (C=O) groups is 1. The molecule has 0 fully saturated rings. The first-order valence-corrected chi connectivity index (χ1v) is 6.44. The van der Waals surface area contributed by atoms with E-state index in [0.717, 1.165) is 11.1 Å². The molecule has 1 amide bonds. The molecular formula is C14H18N2O3. The second-order valence-corrected chi connectivity index (χ2v) is 4.21. The van der Waals surface area contributed by atoms with Gasteiger partial charge in [-0.2, -0.15) is 0 Å². The van der Waals surface area contributed by atoms with E-state index in [1.54, 1.807) is 6.92 Å². The topological polar surface area (TPSA) is 64.4 Å². The molecule has 1 aromatic heterocycles. The van der Waals surface area contributed by atoms with Crippen molar-refractivity contribution in [2.75, 3.05) is 13.2 Å². The van der Waals surface area contributed by atoms with Gasteiger partial charge in [0, 0.05) is 19.6 Å². The van der Waals surface area contributed by atoms with Gasteiger partial charge in [-0.05, 0) is 26.0 Å². The molecule has 0 spiro atoms. The van der Waals surface area contributed by atoms with E-state index in [-0.39, 0.29) is 5.91 Å². The molecule has 5 heteroatoms. The summed E-state index contributed by atoms with van der Waals surface area (Å²) in [5.74, 6) is 0.517. The Morgan fingerprint density at radius 1 is 1.47 bits per heavy atom. The van der Waals surface area contributed by atoms with Gasteiger partial charge in [0.05, 0.1) is 0 Å². The van der Waals surface area contributed by atoms with Crippen LogP contribution in [-0.4, -0.2) is 30.1 Å². The fraction of sp³-hybridized carbons (Fsp3) is 0.429. The number of carbonyl (C=O) groups excluding carboxylic acids is 1. The van der Waals surface area contributed by atoms with Crippen molar-refractivity contribution in [3.8, 4) is 0 Å². The summed E-state index contributed by atoms with van der Waals surface area (Å²) in [5.41, 5.74) is 1.61. The van der Waals surface area contributed by atoms with Crippen molar-refractivity contribution >= 4 is 17.0 Å². The van der Waals surface area contributed by atoms with Gasteiger partial charge in [0.25, 0.3) is 0 Å². The van der Waals surface area contributed by atoms with Crippen molar-refractivity contribution in [3.63, 3.8) is 0 Å². The van der Waals surface area contributed by atoms with E-state index in [1.165, 1.54) is 0 Å². The molecule has 2 rings (SSSR count). The number of benzene rings is 1. The fourth-order valence-corrected chi connectivity index (χ4v) is 1.79. The van der Waals surface area contributed by atoms with Crippen molar-refractivity contribution in [1.29, 1.82) is 0 Å². The first-order chi connectivity index (χ1) is 9.20. The Labute approximate surface area is 112 Å². The van der Waals surface area contributed by atoms with Gasteiger partial charge in [-0.25, -0.2) is 4.98 Å². The lowest BCUT2D eigenvalue weighted by Crippen LogP contribution is -2.35. The van der Waals surface area contributed by atoms with E-state index in [1.807, 2.05) is 31.2 Å². The van der Waals surface area contributed by atoms with E-state index in [9.17, 15) is 4.79 Å². The third-order valence-corrected chi connectivity index (χ3v) is 2.76. The lowest BCUT2D eigenvalue weighted by atomic mass is 10.3. The Bertz CT molecular complexity index is 517. The molecule has 2 aromatic rings. The predicted octanol–water partition coefficient (Wildman–Crippen LogP) is 1.91. The minimum atomic E-state index is -0.423. The van der Waals surface area contributed by atoms with Crippen LogP contribution in [0.15, 0.2) is 28.7 Å². The molecule has 0 saturated heterocycles. The van der Waals surface area contributed by atoms with Gasteiger partial charge in [0.15, 0.2) is 11.5 Å². The maximum atomic E-state index is 11.6. The summed E-state index contributed by atoms with van der Waals surface area (Å²) in [6.45, 7) is 4.61. The van der Waals surface area contributed by atoms with E-state index in [4.69, 9.17) is 9.15 Å². The maximum Gasteiger partial charge on any atom is 0.248 e. The van der Waals surface area contributed by atoms with Gasteiger partial charge in [-0.1, -0.05) is 12.1 Å². The van der Waals surface area contributed by atoms with Gasteiger partial charge < -0.3 is 14.5 Å². The van der Waals surface area contributed by atoms with Gasteiger partial charge in [0.2, 0.25) is 5.91 Å². The van der Waals surface area contributed by atoms with Gasteiger partial charge in [0.1, 0.15) is 11.6 Å². The summed E-state index contributed by atoms with van der Waals surface area (Å²) in [5, 5.41) is 2.80. The highest BCUT2D eigenvalue weighted by atomic mass is 16.5. The molecule has 1 aromatic carbocycles. The molecule has 19 heavy (non-hydrogen) atoms. The molecule has 1 atom stereocenters. The van der Waals surface area contributed by atoms with Gasteiger partial charge in [-0.3, -0.25) is 4.79 Å². The average Bonchev–Trinajstić information content (AvgIpc) is 2.81. The Kier molecular flexibility index (Phi) is 4.52. The van der Waals surface area contributed by atoms with Crippen LogP contribution in [0.5, 0.6) is 0 Å². The van der Waals surface area contributed by atoms with E-state index < -0.39 is 6.10 Å². The second kappa shape index (κ2) is 6.33. The highest BCUT2D eigenvalue weighted by Gasteiger charge is 2.12. The zero-order chi connectivity index (χ0) is 13.7. The number of nitrogens with zero attached hydrogens (tertiary/aromatic N) is 1. The third kappa shape index (κ3) is 3.54. The van der Waals surface area contributed by atoms with Crippen LogP contribution in [0.3, 0.4) is 0 Å². The van der Waals surface area contributed by atoms with Gasteiger partial charge in [-0.15, -0.1) is 0 Å². The number of rotatable bonds is 6. The molecule has 0 aliphatic heterocycles. The van der Waals surface area contributed by atoms with Crippen molar-refractivity contribution in [2.45, 2.75) is 26.4 Å². The Hall–Kier alpha value is -1.88. The molecular weight excluding hydrogens is 244 g/mol. The monoisotopic (exact) mass is 262 g/mol. The number of oxazole rings is 1. The lowest BCUT2D eigenvalue weighted by Gasteiger charge is -2.11. The summed E-state index contributed by atoms with van der Waals surface area (Å²) in [7, 11) is 0. The number of hydrogen-bond acceptors (Lipinski definition) is 4. The van der Waals surface area contributed by atoms with Crippen LogP contribution in [0.1, 0.15) is 19.7 Å². The highest BCUT2D eigenvalue weighted by Crippen LogP contribution is 2.14. The normalized spacial score (nSPS) is 12.5. The van der Waals surface area contributed by atoms with Gasteiger partial charge >= 0.3 is 0 Å². The fourth-order valence-electron chi connectivity index (χ4n) is 1.79. The zero-order valence-corrected chi connectivity index (χ0v) is 11.2. The van der Waals surface area contributed by atoms with E-state index in [0.29, 0.717) is 25.5 Å². The molecule has 0 aliphatic rings. The number of fused-ring (bicyclic) bond motifs is 1. The van der Waals surface area contributed by atoms with Crippen LogP contribution in [0.4, 0.5) is 0 Å². The summed E-state index contributed by atoms with van der Waals surface area (Å²) < 4.78 is 10.8. The van der Waals surface area contributed by atoms with Crippen LogP contribution in [0.25, 0.3) is 11.1 Å². The first-order valence-electron chi connectivity index (χ1n) is 6.44. The molecule has 0 radical (unpaired) electrons. The summed E-state index contributed by atoms with van der Waals surface area (Å²) >= 11 is 0.